The summed E-state index contributed by atoms with van der Waals surface area (Å²) >= 11 is 0. The average Bonchev–Trinajstić information content (AvgIpc) is 2.74. The minimum atomic E-state index is 0.0665. The second kappa shape index (κ2) is 4.11. The summed E-state index contributed by atoms with van der Waals surface area (Å²) in [6, 6.07) is 5.41. The van der Waals surface area contributed by atoms with E-state index in [0.717, 1.165) is 18.7 Å². The van der Waals surface area contributed by atoms with Crippen molar-refractivity contribution in [2.24, 2.45) is 0 Å². The molecular formula is C13H17NO3. The van der Waals surface area contributed by atoms with Gasteiger partial charge < -0.3 is 14.6 Å². The van der Waals surface area contributed by atoms with Gasteiger partial charge in [-0.2, -0.15) is 0 Å². The predicted octanol–water partition coefficient (Wildman–Crippen LogP) is 1.63. The third kappa shape index (κ3) is 1.93. The van der Waals surface area contributed by atoms with Crippen molar-refractivity contribution >= 4 is 0 Å². The van der Waals surface area contributed by atoms with E-state index in [2.05, 4.69) is 11.9 Å². The first-order valence-electron chi connectivity index (χ1n) is 6.07. The minimum absolute atomic E-state index is 0.0665. The summed E-state index contributed by atoms with van der Waals surface area (Å²) in [6.45, 7) is 1.71. The van der Waals surface area contributed by atoms with Gasteiger partial charge in [0.1, 0.15) is 18.5 Å². The first-order chi connectivity index (χ1) is 8.24. The smallest absolute Gasteiger partial charge is 0.165 e. The molecule has 0 unspecified atom stereocenters. The molecule has 92 valence electrons. The van der Waals surface area contributed by atoms with Crippen LogP contribution in [0.1, 0.15) is 12.8 Å². The molecule has 4 heteroatoms. The molecule has 2 aliphatic rings. The van der Waals surface area contributed by atoms with E-state index in [-0.39, 0.29) is 11.9 Å². The maximum Gasteiger partial charge on any atom is 0.165 e. The molecule has 1 aromatic carbocycles. The lowest BCUT2D eigenvalue weighted by Crippen LogP contribution is -2.45. The molecule has 0 radical (unpaired) electrons. The van der Waals surface area contributed by atoms with Crippen LogP contribution in [0.4, 0.5) is 0 Å². The Labute approximate surface area is 101 Å². The zero-order valence-electron chi connectivity index (χ0n) is 9.93. The highest BCUT2D eigenvalue weighted by Crippen LogP contribution is 2.36. The van der Waals surface area contributed by atoms with Crippen LogP contribution in [-0.4, -0.2) is 42.4 Å². The normalized spacial score (nSPS) is 28.3. The van der Waals surface area contributed by atoms with Crippen molar-refractivity contribution in [1.29, 1.82) is 0 Å². The van der Waals surface area contributed by atoms with E-state index in [9.17, 15) is 5.11 Å². The lowest BCUT2D eigenvalue weighted by Gasteiger charge is -2.33. The second-order valence-corrected chi connectivity index (χ2v) is 4.79. The molecule has 1 fully saturated rings. The topological polar surface area (TPSA) is 41.9 Å². The van der Waals surface area contributed by atoms with Gasteiger partial charge in [-0.25, -0.2) is 0 Å². The fourth-order valence-electron chi connectivity index (χ4n) is 2.67. The predicted molar refractivity (Wildman–Crippen MR) is 63.7 cm³/mol. The van der Waals surface area contributed by atoms with Gasteiger partial charge in [0.15, 0.2) is 11.5 Å². The number of likely N-dealkylation sites (N-methyl/N-ethyl adjacent to an activating group) is 1. The van der Waals surface area contributed by atoms with Crippen LogP contribution in [-0.2, 0) is 0 Å². The van der Waals surface area contributed by atoms with Gasteiger partial charge in [-0.15, -0.1) is 0 Å². The van der Waals surface area contributed by atoms with Crippen molar-refractivity contribution in [3.8, 4) is 17.2 Å². The van der Waals surface area contributed by atoms with Crippen LogP contribution in [0.3, 0.4) is 0 Å². The van der Waals surface area contributed by atoms with Crippen LogP contribution in [0.2, 0.25) is 0 Å². The number of rotatable bonds is 1. The number of phenolic OH excluding ortho intramolecular Hbond substituents is 1. The summed E-state index contributed by atoms with van der Waals surface area (Å²) in [4.78, 5) is 2.32. The molecule has 1 aromatic rings. The van der Waals surface area contributed by atoms with E-state index < -0.39 is 0 Å². The lowest BCUT2D eigenvalue weighted by molar-refractivity contribution is 0.0367. The molecule has 0 bridgehead atoms. The first kappa shape index (κ1) is 10.7. The maximum atomic E-state index is 9.45. The number of nitrogens with zero attached hydrogens (tertiary/aromatic N) is 1. The third-order valence-electron chi connectivity index (χ3n) is 3.61. The van der Waals surface area contributed by atoms with Crippen molar-refractivity contribution in [2.75, 3.05) is 20.2 Å². The van der Waals surface area contributed by atoms with Gasteiger partial charge in [0.2, 0.25) is 0 Å². The van der Waals surface area contributed by atoms with Crippen molar-refractivity contribution in [3.63, 3.8) is 0 Å². The van der Waals surface area contributed by atoms with Gasteiger partial charge in [0.25, 0.3) is 0 Å². The summed E-state index contributed by atoms with van der Waals surface area (Å²) < 4.78 is 11.6. The molecule has 3 rings (SSSR count). The minimum Gasteiger partial charge on any atom is -0.508 e. The molecular weight excluding hydrogens is 218 g/mol. The fraction of sp³-hybridized carbons (Fsp3) is 0.538. The number of benzene rings is 1. The van der Waals surface area contributed by atoms with Crippen LogP contribution in [0.25, 0.3) is 0 Å². The standard InChI is InChI=1S/C13H17NO3/c1-14-6-2-3-10(14)13-8-16-11-5-4-9(15)7-12(11)17-13/h4-5,7,10,13,15H,2-3,6,8H2,1H3/t10-,13+/m1/s1. The number of likely N-dealkylation sites (tertiary alicyclic amines) is 1. The average molecular weight is 235 g/mol. The summed E-state index contributed by atoms with van der Waals surface area (Å²) in [5, 5.41) is 9.45. The monoisotopic (exact) mass is 235 g/mol. The number of hydrogen-bond acceptors (Lipinski definition) is 4. The van der Waals surface area contributed by atoms with E-state index in [4.69, 9.17) is 9.47 Å². The maximum absolute atomic E-state index is 9.45. The fourth-order valence-corrected chi connectivity index (χ4v) is 2.67. The van der Waals surface area contributed by atoms with Crippen molar-refractivity contribution < 1.29 is 14.6 Å². The lowest BCUT2D eigenvalue weighted by atomic mass is 10.1. The number of phenols is 1. The van der Waals surface area contributed by atoms with Crippen LogP contribution in [0, 0.1) is 0 Å². The van der Waals surface area contributed by atoms with Gasteiger partial charge in [-0.05, 0) is 38.6 Å². The van der Waals surface area contributed by atoms with Gasteiger partial charge in [0, 0.05) is 12.1 Å². The van der Waals surface area contributed by atoms with Crippen molar-refractivity contribution in [3.05, 3.63) is 18.2 Å². The molecule has 0 aromatic heterocycles. The van der Waals surface area contributed by atoms with E-state index in [0.29, 0.717) is 18.4 Å². The Morgan fingerprint density at radius 1 is 1.35 bits per heavy atom. The molecule has 4 nitrogen and oxygen atoms in total. The molecule has 1 saturated heterocycles. The number of hydrogen-bond donors (Lipinski definition) is 1. The highest BCUT2D eigenvalue weighted by molar-refractivity contribution is 5.46. The van der Waals surface area contributed by atoms with E-state index >= 15 is 0 Å². The van der Waals surface area contributed by atoms with Gasteiger partial charge in [-0.1, -0.05) is 0 Å². The Kier molecular flexibility index (Phi) is 2.59. The summed E-state index contributed by atoms with van der Waals surface area (Å²) in [5.41, 5.74) is 0. The quantitative estimate of drug-likeness (QED) is 0.803. The second-order valence-electron chi connectivity index (χ2n) is 4.79. The van der Waals surface area contributed by atoms with Crippen LogP contribution in [0.15, 0.2) is 18.2 Å². The molecule has 1 N–H and O–H groups in total. The Hall–Kier alpha value is -1.42. The largest absolute Gasteiger partial charge is 0.508 e. The van der Waals surface area contributed by atoms with Gasteiger partial charge in [0.05, 0.1) is 0 Å². The van der Waals surface area contributed by atoms with Crippen molar-refractivity contribution in [2.45, 2.75) is 25.0 Å². The van der Waals surface area contributed by atoms with E-state index in [1.165, 1.54) is 6.42 Å². The van der Waals surface area contributed by atoms with E-state index in [1.54, 1.807) is 18.2 Å². The molecule has 0 spiro atoms. The molecule has 0 saturated carbocycles. The van der Waals surface area contributed by atoms with Crippen LogP contribution in [0.5, 0.6) is 17.2 Å². The molecule has 2 aliphatic heterocycles. The zero-order valence-corrected chi connectivity index (χ0v) is 9.93. The van der Waals surface area contributed by atoms with Crippen LogP contribution < -0.4 is 9.47 Å². The molecule has 2 heterocycles. The highest BCUT2D eigenvalue weighted by atomic mass is 16.6. The highest BCUT2D eigenvalue weighted by Gasteiger charge is 2.34. The Morgan fingerprint density at radius 3 is 3.00 bits per heavy atom. The third-order valence-corrected chi connectivity index (χ3v) is 3.61. The van der Waals surface area contributed by atoms with Crippen LogP contribution >= 0.6 is 0 Å². The Morgan fingerprint density at radius 2 is 2.24 bits per heavy atom. The number of ether oxygens (including phenoxy) is 2. The molecule has 0 aliphatic carbocycles. The molecule has 0 amide bonds. The molecule has 17 heavy (non-hydrogen) atoms. The first-order valence-corrected chi connectivity index (χ1v) is 6.07. The SMILES string of the molecule is CN1CCC[C@@H]1[C@@H]1COc2ccc(O)cc2O1. The van der Waals surface area contributed by atoms with Gasteiger partial charge >= 0.3 is 0 Å². The number of aromatic hydroxyl groups is 1. The van der Waals surface area contributed by atoms with Crippen molar-refractivity contribution in [1.82, 2.24) is 4.90 Å². The zero-order chi connectivity index (χ0) is 11.8. The molecule has 2 atom stereocenters. The van der Waals surface area contributed by atoms with Gasteiger partial charge in [-0.3, -0.25) is 4.90 Å². The summed E-state index contributed by atoms with van der Waals surface area (Å²) in [7, 11) is 2.12. The number of fused-ring (bicyclic) bond motifs is 1. The van der Waals surface area contributed by atoms with E-state index in [1.807, 2.05) is 0 Å². The Bertz CT molecular complexity index is 421. The Balaban J connectivity index is 1.80. The summed E-state index contributed by atoms with van der Waals surface area (Å²) in [6.07, 6.45) is 2.43. The summed E-state index contributed by atoms with van der Waals surface area (Å²) in [5.74, 6) is 1.59.